The van der Waals surface area contributed by atoms with E-state index in [1.54, 1.807) is 24.8 Å². The molecule has 5 rings (SSSR count). The molecule has 2 aromatic heterocycles. The Morgan fingerprint density at radius 3 is 2.56 bits per heavy atom. The van der Waals surface area contributed by atoms with Crippen LogP contribution in [0.4, 0.5) is 25.6 Å². The van der Waals surface area contributed by atoms with Gasteiger partial charge in [0.2, 0.25) is 0 Å². The first kappa shape index (κ1) is 23.9. The lowest BCUT2D eigenvalue weighted by Crippen LogP contribution is -2.44. The molecule has 3 atom stereocenters. The minimum absolute atomic E-state index is 0.224. The van der Waals surface area contributed by atoms with Gasteiger partial charge in [-0.05, 0) is 31.5 Å². The van der Waals surface area contributed by atoms with Gasteiger partial charge in [-0.15, -0.1) is 0 Å². The van der Waals surface area contributed by atoms with E-state index in [-0.39, 0.29) is 11.8 Å². The van der Waals surface area contributed by atoms with Crippen molar-refractivity contribution >= 4 is 34.6 Å². The van der Waals surface area contributed by atoms with E-state index < -0.39 is 23.5 Å². The summed E-state index contributed by atoms with van der Waals surface area (Å²) >= 11 is 0. The number of pyridine rings is 1. The van der Waals surface area contributed by atoms with Gasteiger partial charge >= 0.3 is 12.1 Å². The Balaban J connectivity index is 1.24. The van der Waals surface area contributed by atoms with Gasteiger partial charge in [-0.1, -0.05) is 12.1 Å². The van der Waals surface area contributed by atoms with Crippen molar-refractivity contribution in [3.8, 4) is 0 Å². The monoisotopic (exact) mass is 497 g/mol. The first-order chi connectivity index (χ1) is 17.2. The number of likely N-dealkylation sites (tertiary alicyclic amines) is 1. The number of carbonyl (C=O) groups is 2. The van der Waals surface area contributed by atoms with Gasteiger partial charge < -0.3 is 20.1 Å². The summed E-state index contributed by atoms with van der Waals surface area (Å²) in [6, 6.07) is 5.51. The molecule has 2 aliphatic heterocycles. The molecule has 5 N–H and O–H groups in total. The van der Waals surface area contributed by atoms with Crippen LogP contribution in [0.3, 0.4) is 0 Å². The number of nitrogens with zero attached hydrogens (tertiary/aromatic N) is 3. The molecule has 0 bridgehead atoms. The number of aromatic nitrogens is 3. The van der Waals surface area contributed by atoms with Crippen LogP contribution in [0.25, 0.3) is 10.9 Å². The molecule has 3 unspecified atom stereocenters. The zero-order valence-corrected chi connectivity index (χ0v) is 19.9. The van der Waals surface area contributed by atoms with Crippen molar-refractivity contribution in [2.45, 2.75) is 25.5 Å². The number of aliphatic hydroxyl groups is 1. The van der Waals surface area contributed by atoms with Crippen molar-refractivity contribution in [3.63, 3.8) is 0 Å². The molecule has 190 valence electrons. The van der Waals surface area contributed by atoms with E-state index in [0.717, 1.165) is 0 Å². The summed E-state index contributed by atoms with van der Waals surface area (Å²) in [6.07, 6.45) is 1.50. The van der Waals surface area contributed by atoms with E-state index in [2.05, 4.69) is 31.1 Å². The molecular weight excluding hydrogens is 469 g/mol. The van der Waals surface area contributed by atoms with Gasteiger partial charge in [-0.25, -0.2) is 19.0 Å². The van der Waals surface area contributed by atoms with Crippen LogP contribution in [0.2, 0.25) is 0 Å². The van der Waals surface area contributed by atoms with Gasteiger partial charge in [0, 0.05) is 37.2 Å². The number of amides is 4. The lowest BCUT2D eigenvalue weighted by molar-refractivity contribution is 0.0415. The predicted octanol–water partition coefficient (Wildman–Crippen LogP) is 2.84. The van der Waals surface area contributed by atoms with E-state index in [1.165, 1.54) is 30.5 Å². The Kier molecular flexibility index (Phi) is 6.22. The number of fused-ring (bicyclic) bond motifs is 2. The fourth-order valence-electron chi connectivity index (χ4n) is 4.72. The zero-order chi connectivity index (χ0) is 25.4. The van der Waals surface area contributed by atoms with Crippen LogP contribution in [0.5, 0.6) is 0 Å². The lowest BCUT2D eigenvalue weighted by Gasteiger charge is -2.30. The predicted molar refractivity (Wildman–Crippen MR) is 130 cm³/mol. The number of ether oxygens (including phenoxy) is 1. The van der Waals surface area contributed by atoms with Gasteiger partial charge in [0.05, 0.1) is 35.8 Å². The average molecular weight is 498 g/mol. The lowest BCUT2D eigenvalue weighted by atomic mass is 9.92. The molecule has 2 saturated heterocycles. The topological polar surface area (TPSA) is 144 Å². The molecule has 0 aliphatic carbocycles. The molecule has 0 radical (unpaired) electrons. The molecule has 11 nitrogen and oxygen atoms in total. The maximum Gasteiger partial charge on any atom is 0.323 e. The number of benzene rings is 1. The maximum absolute atomic E-state index is 13.3. The molecular formula is C24H28FN7O4. The van der Waals surface area contributed by atoms with Crippen LogP contribution < -0.4 is 16.0 Å². The zero-order valence-electron chi connectivity index (χ0n) is 19.9. The second kappa shape index (κ2) is 9.36. The number of anilines is 2. The summed E-state index contributed by atoms with van der Waals surface area (Å²) in [5.74, 6) is 0.940. The fourth-order valence-corrected chi connectivity index (χ4v) is 4.72. The van der Waals surface area contributed by atoms with Crippen molar-refractivity contribution in [2.24, 2.45) is 11.8 Å². The number of urea groups is 2. The van der Waals surface area contributed by atoms with Crippen LogP contribution in [0.15, 0.2) is 36.5 Å². The third-order valence-corrected chi connectivity index (χ3v) is 6.63. The summed E-state index contributed by atoms with van der Waals surface area (Å²) in [5.41, 5.74) is -0.199. The van der Waals surface area contributed by atoms with Gasteiger partial charge in [0.15, 0.2) is 5.82 Å². The second-order valence-corrected chi connectivity index (χ2v) is 9.82. The number of nitrogens with one attached hydrogen (secondary N) is 4. The van der Waals surface area contributed by atoms with Crippen LogP contribution in [-0.2, 0) is 4.74 Å². The Morgan fingerprint density at radius 2 is 1.89 bits per heavy atom. The Morgan fingerprint density at radius 1 is 1.19 bits per heavy atom. The normalized spacial score (nSPS) is 20.3. The van der Waals surface area contributed by atoms with Gasteiger partial charge in [0.25, 0.3) is 0 Å². The number of hydrogen-bond acceptors (Lipinski definition) is 6. The fraction of sp³-hybridized carbons (Fsp3) is 0.417. The third kappa shape index (κ3) is 4.95. The third-order valence-electron chi connectivity index (χ3n) is 6.63. The standard InChI is InChI=1S/C24H28FN7O4/c1-24(2,35)20(13-3-5-16(25)6-4-13)28-22(33)27-19-7-18-17(8-26-19)21(31-30-18)29-23(34)32-9-14-11-36-12-15(14)10-32/h3-8,14-15,20,35H,9-12H2,1-2H3,(H2,26,27,28,33)(H2,29,30,31,34). The minimum Gasteiger partial charge on any atom is -0.388 e. The van der Waals surface area contributed by atoms with Crippen LogP contribution in [0, 0.1) is 17.7 Å². The first-order valence-electron chi connectivity index (χ1n) is 11.7. The molecule has 2 aliphatic rings. The largest absolute Gasteiger partial charge is 0.388 e. The molecule has 36 heavy (non-hydrogen) atoms. The Hall–Kier alpha value is -3.77. The van der Waals surface area contributed by atoms with Crippen LogP contribution >= 0.6 is 0 Å². The Bertz CT molecular complexity index is 1260. The van der Waals surface area contributed by atoms with Crippen molar-refractivity contribution in [2.75, 3.05) is 36.9 Å². The van der Waals surface area contributed by atoms with Crippen LogP contribution in [-0.4, -0.2) is 69.2 Å². The molecule has 0 spiro atoms. The SMILES string of the molecule is CC(C)(O)C(NC(=O)Nc1cc2[nH]nc(NC(=O)N3CC4COCC4C3)c2cn1)c1ccc(F)cc1. The smallest absolute Gasteiger partial charge is 0.323 e. The van der Waals surface area contributed by atoms with Crippen molar-refractivity contribution in [1.29, 1.82) is 0 Å². The number of halogens is 1. The first-order valence-corrected chi connectivity index (χ1v) is 11.7. The number of hydrogen-bond donors (Lipinski definition) is 5. The molecule has 1 aromatic carbocycles. The quantitative estimate of drug-likeness (QED) is 0.367. The summed E-state index contributed by atoms with van der Waals surface area (Å²) in [6.45, 7) is 5.79. The summed E-state index contributed by atoms with van der Waals surface area (Å²) in [7, 11) is 0. The highest BCUT2D eigenvalue weighted by molar-refractivity contribution is 6.00. The highest BCUT2D eigenvalue weighted by Crippen LogP contribution is 2.30. The van der Waals surface area contributed by atoms with Crippen molar-refractivity contribution in [1.82, 2.24) is 25.4 Å². The molecule has 2 fully saturated rings. The number of H-pyrrole nitrogens is 1. The summed E-state index contributed by atoms with van der Waals surface area (Å²) in [5, 5.41) is 26.3. The second-order valence-electron chi connectivity index (χ2n) is 9.82. The number of carbonyl (C=O) groups excluding carboxylic acids is 2. The van der Waals surface area contributed by atoms with Gasteiger partial charge in [-0.3, -0.25) is 15.7 Å². The van der Waals surface area contributed by atoms with Crippen molar-refractivity contribution in [3.05, 3.63) is 47.9 Å². The number of aromatic amines is 1. The average Bonchev–Trinajstić information content (AvgIpc) is 3.53. The Labute approximate surface area is 206 Å². The molecule has 12 heteroatoms. The van der Waals surface area contributed by atoms with E-state index in [0.29, 0.717) is 60.4 Å². The highest BCUT2D eigenvalue weighted by Gasteiger charge is 2.39. The molecule has 4 heterocycles. The summed E-state index contributed by atoms with van der Waals surface area (Å²) in [4.78, 5) is 31.4. The van der Waals surface area contributed by atoms with Gasteiger partial charge in [0.1, 0.15) is 11.6 Å². The minimum atomic E-state index is -1.32. The molecule has 3 aromatic rings. The van der Waals surface area contributed by atoms with E-state index in [1.807, 2.05) is 0 Å². The van der Waals surface area contributed by atoms with Crippen molar-refractivity contribution < 1.29 is 23.8 Å². The van der Waals surface area contributed by atoms with Crippen LogP contribution in [0.1, 0.15) is 25.5 Å². The van der Waals surface area contributed by atoms with E-state index in [9.17, 15) is 19.1 Å². The highest BCUT2D eigenvalue weighted by atomic mass is 19.1. The number of rotatable bonds is 5. The molecule has 4 amide bonds. The summed E-state index contributed by atoms with van der Waals surface area (Å²) < 4.78 is 18.8. The maximum atomic E-state index is 13.3. The van der Waals surface area contributed by atoms with E-state index in [4.69, 9.17) is 4.74 Å². The van der Waals surface area contributed by atoms with Gasteiger partial charge in [-0.2, -0.15) is 5.10 Å². The molecule has 0 saturated carbocycles. The van der Waals surface area contributed by atoms with E-state index >= 15 is 0 Å².